The second kappa shape index (κ2) is 6.78. The highest BCUT2D eigenvalue weighted by molar-refractivity contribution is 5.94. The van der Waals surface area contributed by atoms with Gasteiger partial charge >= 0.3 is 6.03 Å². The Kier molecular flexibility index (Phi) is 4.32. The summed E-state index contributed by atoms with van der Waals surface area (Å²) in [6.07, 6.45) is 0. The van der Waals surface area contributed by atoms with Gasteiger partial charge in [-0.05, 0) is 29.8 Å². The first-order chi connectivity index (χ1) is 12.6. The lowest BCUT2D eigenvalue weighted by Gasteiger charge is -2.36. The second-order valence-corrected chi connectivity index (χ2v) is 6.75. The van der Waals surface area contributed by atoms with E-state index in [1.165, 1.54) is 12.1 Å². The monoisotopic (exact) mass is 353 g/mol. The van der Waals surface area contributed by atoms with Crippen LogP contribution in [0, 0.1) is 5.82 Å². The van der Waals surface area contributed by atoms with Gasteiger partial charge in [0, 0.05) is 38.3 Å². The molecule has 2 aliphatic rings. The number of benzene rings is 2. The molecular formula is C20H20FN3O2. The maximum absolute atomic E-state index is 13.1. The summed E-state index contributed by atoms with van der Waals surface area (Å²) in [4.78, 5) is 30.7. The van der Waals surface area contributed by atoms with Crippen LogP contribution in [0.2, 0.25) is 0 Å². The summed E-state index contributed by atoms with van der Waals surface area (Å²) in [6.45, 7) is 2.66. The Labute approximate surface area is 151 Å². The zero-order chi connectivity index (χ0) is 18.1. The van der Waals surface area contributed by atoms with E-state index in [2.05, 4.69) is 0 Å². The lowest BCUT2D eigenvalue weighted by atomic mass is 10.1. The lowest BCUT2D eigenvalue weighted by Crippen LogP contribution is -2.53. The minimum atomic E-state index is -0.283. The Hall–Kier alpha value is -2.89. The van der Waals surface area contributed by atoms with Crippen LogP contribution in [0.15, 0.2) is 54.6 Å². The normalized spacial score (nSPS) is 19.7. The summed E-state index contributed by atoms with van der Waals surface area (Å²) in [5, 5.41) is 0. The quantitative estimate of drug-likeness (QED) is 0.851. The number of urea groups is 1. The fraction of sp³-hybridized carbons (Fsp3) is 0.300. The van der Waals surface area contributed by atoms with E-state index >= 15 is 0 Å². The molecule has 26 heavy (non-hydrogen) atoms. The average molecular weight is 353 g/mol. The van der Waals surface area contributed by atoms with Gasteiger partial charge in [0.05, 0.1) is 6.04 Å². The van der Waals surface area contributed by atoms with E-state index in [1.807, 2.05) is 40.1 Å². The highest BCUT2D eigenvalue weighted by atomic mass is 19.1. The topological polar surface area (TPSA) is 43.9 Å². The van der Waals surface area contributed by atoms with Crippen molar-refractivity contribution in [1.29, 1.82) is 0 Å². The third-order valence-corrected chi connectivity index (χ3v) is 5.02. The molecule has 6 heteroatoms. The Morgan fingerprint density at radius 3 is 2.46 bits per heavy atom. The van der Waals surface area contributed by atoms with Gasteiger partial charge in [0.1, 0.15) is 5.82 Å². The molecule has 0 radical (unpaired) electrons. The predicted octanol–water partition coefficient (Wildman–Crippen LogP) is 2.59. The van der Waals surface area contributed by atoms with E-state index in [9.17, 15) is 14.0 Å². The number of carbonyl (C=O) groups excluding carboxylic acids is 2. The zero-order valence-corrected chi connectivity index (χ0v) is 14.3. The highest BCUT2D eigenvalue weighted by Gasteiger charge is 2.41. The molecule has 2 heterocycles. The fourth-order valence-electron chi connectivity index (χ4n) is 3.67. The van der Waals surface area contributed by atoms with Gasteiger partial charge in [0.25, 0.3) is 5.91 Å². The number of hydrogen-bond acceptors (Lipinski definition) is 2. The fourth-order valence-corrected chi connectivity index (χ4v) is 3.67. The smallest absolute Gasteiger partial charge is 0.320 e. The van der Waals surface area contributed by atoms with Crippen LogP contribution < -0.4 is 0 Å². The zero-order valence-electron chi connectivity index (χ0n) is 14.3. The van der Waals surface area contributed by atoms with Crippen molar-refractivity contribution in [3.05, 3.63) is 71.5 Å². The molecule has 2 aromatic rings. The van der Waals surface area contributed by atoms with E-state index < -0.39 is 0 Å². The van der Waals surface area contributed by atoms with Crippen molar-refractivity contribution in [2.75, 3.05) is 26.2 Å². The summed E-state index contributed by atoms with van der Waals surface area (Å²) in [5.41, 5.74) is 1.57. The van der Waals surface area contributed by atoms with Crippen LogP contribution >= 0.6 is 0 Å². The van der Waals surface area contributed by atoms with Crippen LogP contribution in [-0.4, -0.2) is 58.9 Å². The van der Waals surface area contributed by atoms with Crippen LogP contribution in [0.5, 0.6) is 0 Å². The first kappa shape index (κ1) is 16.6. The predicted molar refractivity (Wildman–Crippen MR) is 95.0 cm³/mol. The van der Waals surface area contributed by atoms with Gasteiger partial charge in [-0.25, -0.2) is 9.18 Å². The van der Waals surface area contributed by atoms with E-state index in [1.54, 1.807) is 17.0 Å². The summed E-state index contributed by atoms with van der Waals surface area (Å²) in [5.74, 6) is -0.274. The first-order valence-corrected chi connectivity index (χ1v) is 8.76. The number of halogens is 1. The molecule has 0 unspecified atom stereocenters. The molecule has 5 nitrogen and oxygen atoms in total. The largest absolute Gasteiger partial charge is 0.335 e. The van der Waals surface area contributed by atoms with Crippen molar-refractivity contribution in [3.63, 3.8) is 0 Å². The second-order valence-electron chi connectivity index (χ2n) is 6.75. The van der Waals surface area contributed by atoms with Gasteiger partial charge in [-0.2, -0.15) is 0 Å². The third-order valence-electron chi connectivity index (χ3n) is 5.02. The first-order valence-electron chi connectivity index (χ1n) is 8.76. The van der Waals surface area contributed by atoms with Crippen molar-refractivity contribution in [2.24, 2.45) is 0 Å². The summed E-state index contributed by atoms with van der Waals surface area (Å²) < 4.78 is 13.1. The average Bonchev–Trinajstić information content (AvgIpc) is 2.98. The number of piperazine rings is 1. The van der Waals surface area contributed by atoms with Crippen LogP contribution in [0.3, 0.4) is 0 Å². The van der Waals surface area contributed by atoms with Crippen molar-refractivity contribution in [3.8, 4) is 0 Å². The van der Waals surface area contributed by atoms with Crippen molar-refractivity contribution >= 4 is 11.9 Å². The standard InChI is InChI=1S/C20H20FN3O2/c21-17-8-6-15(7-9-17)12-23-14-18-13-22(10-11-24(18)20(23)26)19(25)16-4-2-1-3-5-16/h1-9,18H,10-14H2/t18-/m1/s1. The third kappa shape index (κ3) is 3.14. The molecule has 134 valence electrons. The molecule has 1 atom stereocenters. The number of carbonyl (C=O) groups is 2. The Morgan fingerprint density at radius 2 is 1.73 bits per heavy atom. The van der Waals surface area contributed by atoms with E-state index in [0.29, 0.717) is 38.3 Å². The molecule has 2 aliphatic heterocycles. The minimum absolute atomic E-state index is 0.00404. The van der Waals surface area contributed by atoms with Crippen molar-refractivity contribution in [1.82, 2.24) is 14.7 Å². The molecule has 0 aliphatic carbocycles. The maximum atomic E-state index is 13.1. The van der Waals surface area contributed by atoms with Gasteiger partial charge in [0.15, 0.2) is 0 Å². The molecule has 0 aromatic heterocycles. The SMILES string of the molecule is O=C(c1ccccc1)N1CCN2C(=O)N(Cc3ccc(F)cc3)C[C@H]2C1. The van der Waals surface area contributed by atoms with Crippen LogP contribution in [0.4, 0.5) is 9.18 Å². The highest BCUT2D eigenvalue weighted by Crippen LogP contribution is 2.23. The summed E-state index contributed by atoms with van der Waals surface area (Å²) >= 11 is 0. The number of amides is 3. The molecule has 0 bridgehead atoms. The molecular weight excluding hydrogens is 333 g/mol. The molecule has 2 aromatic carbocycles. The minimum Gasteiger partial charge on any atom is -0.335 e. The van der Waals surface area contributed by atoms with Gasteiger partial charge in [-0.1, -0.05) is 30.3 Å². The molecule has 0 saturated carbocycles. The number of nitrogens with zero attached hydrogens (tertiary/aromatic N) is 3. The van der Waals surface area contributed by atoms with Crippen molar-refractivity contribution < 1.29 is 14.0 Å². The van der Waals surface area contributed by atoms with Crippen LogP contribution in [-0.2, 0) is 6.54 Å². The molecule has 3 amide bonds. The van der Waals surface area contributed by atoms with Gasteiger partial charge < -0.3 is 14.7 Å². The van der Waals surface area contributed by atoms with Gasteiger partial charge in [-0.15, -0.1) is 0 Å². The molecule has 4 rings (SSSR count). The number of hydrogen-bond donors (Lipinski definition) is 0. The number of rotatable bonds is 3. The van der Waals surface area contributed by atoms with E-state index in [4.69, 9.17) is 0 Å². The van der Waals surface area contributed by atoms with E-state index in [0.717, 1.165) is 5.56 Å². The summed E-state index contributed by atoms with van der Waals surface area (Å²) in [7, 11) is 0. The van der Waals surface area contributed by atoms with Crippen LogP contribution in [0.1, 0.15) is 15.9 Å². The molecule has 2 saturated heterocycles. The summed E-state index contributed by atoms with van der Waals surface area (Å²) in [6, 6.07) is 15.4. The van der Waals surface area contributed by atoms with E-state index in [-0.39, 0.29) is 23.8 Å². The van der Waals surface area contributed by atoms with Gasteiger partial charge in [0.2, 0.25) is 0 Å². The molecule has 2 fully saturated rings. The van der Waals surface area contributed by atoms with Crippen molar-refractivity contribution in [2.45, 2.75) is 12.6 Å². The van der Waals surface area contributed by atoms with Crippen LogP contribution in [0.25, 0.3) is 0 Å². The Balaban J connectivity index is 1.43. The maximum Gasteiger partial charge on any atom is 0.320 e. The molecule has 0 N–H and O–H groups in total. The number of fused-ring (bicyclic) bond motifs is 1. The Bertz CT molecular complexity index is 810. The van der Waals surface area contributed by atoms with Gasteiger partial charge in [-0.3, -0.25) is 4.79 Å². The lowest BCUT2D eigenvalue weighted by molar-refractivity contribution is 0.0617. The Morgan fingerprint density at radius 1 is 1.00 bits per heavy atom. The molecule has 0 spiro atoms.